The molecular formula is C18H28FNO. The lowest BCUT2D eigenvalue weighted by molar-refractivity contribution is 0.199. The van der Waals surface area contributed by atoms with E-state index in [2.05, 4.69) is 18.7 Å². The minimum Gasteiger partial charge on any atom is -0.389 e. The summed E-state index contributed by atoms with van der Waals surface area (Å²) in [6.45, 7) is 6.98. The third-order valence-corrected chi connectivity index (χ3v) is 4.47. The maximum atomic E-state index is 14.5. The van der Waals surface area contributed by atoms with Crippen molar-refractivity contribution in [3.8, 4) is 0 Å². The number of halogens is 1. The molecule has 2 rings (SSSR count). The number of anilines is 1. The molecule has 1 N–H and O–H groups in total. The van der Waals surface area contributed by atoms with E-state index in [0.717, 1.165) is 25.8 Å². The van der Waals surface area contributed by atoms with Crippen LogP contribution < -0.4 is 4.90 Å². The quantitative estimate of drug-likeness (QED) is 0.823. The predicted octanol–water partition coefficient (Wildman–Crippen LogP) is 4.67. The van der Waals surface area contributed by atoms with E-state index < -0.39 is 6.10 Å². The fourth-order valence-corrected chi connectivity index (χ4v) is 3.26. The maximum Gasteiger partial charge on any atom is 0.146 e. The van der Waals surface area contributed by atoms with Gasteiger partial charge in [-0.1, -0.05) is 38.8 Å². The predicted molar refractivity (Wildman–Crippen MR) is 86.1 cm³/mol. The molecule has 0 unspecified atom stereocenters. The summed E-state index contributed by atoms with van der Waals surface area (Å²) in [5.41, 5.74) is 1.34. The minimum atomic E-state index is -0.640. The topological polar surface area (TPSA) is 23.5 Å². The number of rotatable bonds is 6. The first-order valence-electron chi connectivity index (χ1n) is 8.23. The van der Waals surface area contributed by atoms with Crippen LogP contribution in [0.2, 0.25) is 0 Å². The molecule has 1 aromatic rings. The highest BCUT2D eigenvalue weighted by molar-refractivity contribution is 5.56. The zero-order valence-electron chi connectivity index (χ0n) is 13.5. The van der Waals surface area contributed by atoms with Crippen LogP contribution in [0.25, 0.3) is 0 Å². The van der Waals surface area contributed by atoms with Gasteiger partial charge in [0.2, 0.25) is 0 Å². The van der Waals surface area contributed by atoms with Gasteiger partial charge in [-0.15, -0.1) is 0 Å². The number of hydrogen-bond acceptors (Lipinski definition) is 2. The third kappa shape index (κ3) is 3.97. The molecule has 0 heterocycles. The van der Waals surface area contributed by atoms with Crippen molar-refractivity contribution >= 4 is 5.69 Å². The average molecular weight is 293 g/mol. The van der Waals surface area contributed by atoms with E-state index in [9.17, 15) is 9.50 Å². The Morgan fingerprint density at radius 1 is 1.24 bits per heavy atom. The first kappa shape index (κ1) is 16.3. The lowest BCUT2D eigenvalue weighted by atomic mass is 10.0. The van der Waals surface area contributed by atoms with E-state index in [1.165, 1.54) is 18.9 Å². The van der Waals surface area contributed by atoms with Gasteiger partial charge < -0.3 is 10.0 Å². The van der Waals surface area contributed by atoms with Crippen LogP contribution in [0.15, 0.2) is 18.2 Å². The van der Waals surface area contributed by atoms with E-state index in [4.69, 9.17) is 0 Å². The summed E-state index contributed by atoms with van der Waals surface area (Å²) in [6, 6.07) is 5.47. The Balaban J connectivity index is 2.35. The van der Waals surface area contributed by atoms with Crippen molar-refractivity contribution in [1.29, 1.82) is 0 Å². The van der Waals surface area contributed by atoms with Crippen molar-refractivity contribution in [2.24, 2.45) is 5.92 Å². The van der Waals surface area contributed by atoms with E-state index in [-0.39, 0.29) is 5.82 Å². The van der Waals surface area contributed by atoms with Crippen LogP contribution in [0.4, 0.5) is 10.1 Å². The molecule has 0 spiro atoms. The van der Waals surface area contributed by atoms with Crippen molar-refractivity contribution in [3.05, 3.63) is 29.6 Å². The number of nitrogens with zero attached hydrogens (tertiary/aromatic N) is 1. The Kier molecular flexibility index (Phi) is 5.63. The number of para-hydroxylation sites is 1. The molecule has 0 radical (unpaired) electrons. The van der Waals surface area contributed by atoms with Gasteiger partial charge in [0.1, 0.15) is 5.82 Å². The fraction of sp³-hybridized carbons (Fsp3) is 0.667. The first-order chi connectivity index (χ1) is 10.0. The molecule has 1 saturated carbocycles. The van der Waals surface area contributed by atoms with Gasteiger partial charge >= 0.3 is 0 Å². The molecule has 0 bridgehead atoms. The Morgan fingerprint density at radius 3 is 2.48 bits per heavy atom. The summed E-state index contributed by atoms with van der Waals surface area (Å²) in [7, 11) is 0. The smallest absolute Gasteiger partial charge is 0.146 e. The van der Waals surface area contributed by atoms with Crippen LogP contribution in [-0.4, -0.2) is 17.7 Å². The van der Waals surface area contributed by atoms with Gasteiger partial charge in [-0.25, -0.2) is 4.39 Å². The van der Waals surface area contributed by atoms with Crippen LogP contribution in [-0.2, 0) is 0 Å². The second kappa shape index (κ2) is 7.26. The van der Waals surface area contributed by atoms with Crippen molar-refractivity contribution in [3.63, 3.8) is 0 Å². The van der Waals surface area contributed by atoms with Crippen molar-refractivity contribution in [2.75, 3.05) is 11.4 Å². The second-order valence-corrected chi connectivity index (χ2v) is 6.67. The lowest BCUT2D eigenvalue weighted by Crippen LogP contribution is -2.36. The SMILES string of the molecule is CC(C)CCN(c1c(F)cccc1[C@H](C)O)C1CCCC1. The van der Waals surface area contributed by atoms with E-state index in [1.807, 2.05) is 6.07 Å². The Bertz CT molecular complexity index is 453. The maximum absolute atomic E-state index is 14.5. The van der Waals surface area contributed by atoms with Crippen LogP contribution in [0.3, 0.4) is 0 Å². The highest BCUT2D eigenvalue weighted by atomic mass is 19.1. The van der Waals surface area contributed by atoms with Crippen molar-refractivity contribution in [1.82, 2.24) is 0 Å². The Morgan fingerprint density at radius 2 is 1.90 bits per heavy atom. The Labute approximate surface area is 128 Å². The highest BCUT2D eigenvalue weighted by Crippen LogP contribution is 2.35. The standard InChI is InChI=1S/C18H28FNO/c1-13(2)11-12-20(15-7-4-5-8-15)18-16(14(3)21)9-6-10-17(18)19/h6,9-10,13-15,21H,4-5,7-8,11-12H2,1-3H3/t14-/m0/s1. The van der Waals surface area contributed by atoms with Crippen LogP contribution >= 0.6 is 0 Å². The first-order valence-corrected chi connectivity index (χ1v) is 8.23. The normalized spacial score (nSPS) is 17.4. The number of aliphatic hydroxyl groups excluding tert-OH is 1. The molecule has 2 nitrogen and oxygen atoms in total. The minimum absolute atomic E-state index is 0.205. The monoisotopic (exact) mass is 293 g/mol. The average Bonchev–Trinajstić information content (AvgIpc) is 2.93. The molecular weight excluding hydrogens is 265 g/mol. The number of aliphatic hydroxyl groups is 1. The summed E-state index contributed by atoms with van der Waals surface area (Å²) in [6.07, 6.45) is 5.11. The molecule has 3 heteroatoms. The second-order valence-electron chi connectivity index (χ2n) is 6.67. The molecule has 1 atom stereocenters. The van der Waals surface area contributed by atoms with Gasteiger partial charge in [-0.3, -0.25) is 0 Å². The molecule has 1 fully saturated rings. The molecule has 0 aliphatic heterocycles. The van der Waals surface area contributed by atoms with Gasteiger partial charge in [0.15, 0.2) is 0 Å². The van der Waals surface area contributed by atoms with Gasteiger partial charge in [0.05, 0.1) is 11.8 Å². The molecule has 118 valence electrons. The fourth-order valence-electron chi connectivity index (χ4n) is 3.26. The summed E-state index contributed by atoms with van der Waals surface area (Å²) in [4.78, 5) is 2.23. The Hall–Kier alpha value is -1.09. The highest BCUT2D eigenvalue weighted by Gasteiger charge is 2.27. The zero-order valence-corrected chi connectivity index (χ0v) is 13.5. The molecule has 0 saturated heterocycles. The summed E-state index contributed by atoms with van der Waals surface area (Å²) < 4.78 is 14.5. The number of hydrogen-bond donors (Lipinski definition) is 1. The number of benzene rings is 1. The summed E-state index contributed by atoms with van der Waals surface area (Å²) in [5, 5.41) is 10.0. The lowest BCUT2D eigenvalue weighted by Gasteiger charge is -2.34. The molecule has 0 aromatic heterocycles. The van der Waals surface area contributed by atoms with Crippen LogP contribution in [0, 0.1) is 11.7 Å². The van der Waals surface area contributed by atoms with Gasteiger partial charge in [-0.2, -0.15) is 0 Å². The van der Waals surface area contributed by atoms with Gasteiger partial charge in [0.25, 0.3) is 0 Å². The molecule has 1 aromatic carbocycles. The zero-order chi connectivity index (χ0) is 15.4. The molecule has 1 aliphatic rings. The molecule has 1 aliphatic carbocycles. The van der Waals surface area contributed by atoms with Crippen molar-refractivity contribution < 1.29 is 9.50 Å². The van der Waals surface area contributed by atoms with Gasteiger partial charge in [0, 0.05) is 18.2 Å². The van der Waals surface area contributed by atoms with Crippen LogP contribution in [0.5, 0.6) is 0 Å². The molecule has 21 heavy (non-hydrogen) atoms. The van der Waals surface area contributed by atoms with E-state index in [1.54, 1.807) is 13.0 Å². The van der Waals surface area contributed by atoms with E-state index in [0.29, 0.717) is 23.2 Å². The van der Waals surface area contributed by atoms with Crippen LogP contribution in [0.1, 0.15) is 64.5 Å². The van der Waals surface area contributed by atoms with Gasteiger partial charge in [-0.05, 0) is 38.2 Å². The van der Waals surface area contributed by atoms with E-state index >= 15 is 0 Å². The van der Waals surface area contributed by atoms with Crippen molar-refractivity contribution in [2.45, 2.75) is 65.0 Å². The molecule has 0 amide bonds. The largest absolute Gasteiger partial charge is 0.389 e. The summed E-state index contributed by atoms with van der Waals surface area (Å²) in [5.74, 6) is 0.389. The summed E-state index contributed by atoms with van der Waals surface area (Å²) >= 11 is 0. The third-order valence-electron chi connectivity index (χ3n) is 4.47.